The quantitative estimate of drug-likeness (QED) is 0.462. The van der Waals surface area contributed by atoms with Gasteiger partial charge >= 0.3 is 0 Å². The third-order valence-corrected chi connectivity index (χ3v) is 6.47. The second-order valence-electron chi connectivity index (χ2n) is 7.52. The molecule has 1 aromatic carbocycles. The number of hydrogen-bond acceptors (Lipinski definition) is 7. The van der Waals surface area contributed by atoms with Gasteiger partial charge in [-0.3, -0.25) is 9.48 Å². The largest absolute Gasteiger partial charge is 0.331 e. The highest BCUT2D eigenvalue weighted by Gasteiger charge is 2.33. The van der Waals surface area contributed by atoms with Crippen molar-refractivity contribution in [2.24, 2.45) is 7.05 Å². The Labute approximate surface area is 190 Å². The summed E-state index contributed by atoms with van der Waals surface area (Å²) < 4.78 is 28.8. The van der Waals surface area contributed by atoms with E-state index < -0.39 is 11.6 Å². The summed E-state index contributed by atoms with van der Waals surface area (Å²) in [7, 11) is 1.70. The van der Waals surface area contributed by atoms with Crippen molar-refractivity contribution in [3.8, 4) is 16.8 Å². The fourth-order valence-electron chi connectivity index (χ4n) is 3.99. The van der Waals surface area contributed by atoms with Crippen molar-refractivity contribution in [1.29, 1.82) is 5.26 Å². The molecule has 11 heteroatoms. The van der Waals surface area contributed by atoms with Gasteiger partial charge in [0.15, 0.2) is 10.8 Å². The highest BCUT2D eigenvalue weighted by Crippen LogP contribution is 2.36. The van der Waals surface area contributed by atoms with E-state index >= 15 is 0 Å². The van der Waals surface area contributed by atoms with E-state index in [1.54, 1.807) is 18.1 Å². The first-order chi connectivity index (χ1) is 16.0. The van der Waals surface area contributed by atoms with Crippen LogP contribution in [0.5, 0.6) is 0 Å². The van der Waals surface area contributed by atoms with Crippen molar-refractivity contribution in [2.45, 2.75) is 12.5 Å². The van der Waals surface area contributed by atoms with E-state index in [2.05, 4.69) is 26.3 Å². The number of rotatable bonds is 3. The number of aryl methyl sites for hydroxylation is 1. The highest BCUT2D eigenvalue weighted by molar-refractivity contribution is 7.16. The van der Waals surface area contributed by atoms with Gasteiger partial charge in [0.25, 0.3) is 5.91 Å². The summed E-state index contributed by atoms with van der Waals surface area (Å²) >= 11 is 0.891. The molecule has 3 aromatic heterocycles. The Balaban J connectivity index is 1.48. The number of fused-ring (bicyclic) bond motifs is 1. The second-order valence-corrected chi connectivity index (χ2v) is 8.49. The van der Waals surface area contributed by atoms with Crippen LogP contribution in [0.25, 0.3) is 10.7 Å². The van der Waals surface area contributed by atoms with E-state index in [0.717, 1.165) is 34.2 Å². The second kappa shape index (κ2) is 8.14. The van der Waals surface area contributed by atoms with Gasteiger partial charge in [-0.15, -0.1) is 10.2 Å². The van der Waals surface area contributed by atoms with Gasteiger partial charge in [0.1, 0.15) is 23.3 Å². The molecule has 4 heterocycles. The van der Waals surface area contributed by atoms with E-state index in [-0.39, 0.29) is 27.5 Å². The first-order valence-corrected chi connectivity index (χ1v) is 10.7. The number of nitrogens with zero attached hydrogens (tertiary/aromatic N) is 7. The summed E-state index contributed by atoms with van der Waals surface area (Å²) in [6, 6.07) is 10.6. The zero-order chi connectivity index (χ0) is 23.1. The maximum atomic E-state index is 14.1. The molecule has 8 nitrogen and oxygen atoms in total. The molecule has 0 saturated carbocycles. The molecule has 0 spiro atoms. The van der Waals surface area contributed by atoms with Gasteiger partial charge in [-0.25, -0.2) is 13.8 Å². The minimum absolute atomic E-state index is 0.0698. The minimum Gasteiger partial charge on any atom is -0.331 e. The van der Waals surface area contributed by atoms with Crippen LogP contribution in [0.2, 0.25) is 0 Å². The Morgan fingerprint density at radius 2 is 2.03 bits per heavy atom. The Morgan fingerprint density at radius 1 is 1.21 bits per heavy atom. The maximum absolute atomic E-state index is 14.1. The average Bonchev–Trinajstić information content (AvgIpc) is 3.44. The topological polar surface area (TPSA) is 101 Å². The van der Waals surface area contributed by atoms with E-state index in [9.17, 15) is 18.8 Å². The Morgan fingerprint density at radius 3 is 2.82 bits per heavy atom. The number of hydrogen-bond donors (Lipinski definition) is 0. The molecule has 5 rings (SSSR count). The summed E-state index contributed by atoms with van der Waals surface area (Å²) in [5.41, 5.74) is 2.98. The van der Waals surface area contributed by atoms with Crippen molar-refractivity contribution >= 4 is 17.2 Å². The van der Waals surface area contributed by atoms with Gasteiger partial charge in [-0.1, -0.05) is 35.6 Å². The molecule has 4 aromatic rings. The lowest BCUT2D eigenvalue weighted by molar-refractivity contribution is 0.0723. The van der Waals surface area contributed by atoms with E-state index in [1.165, 1.54) is 4.68 Å². The Kier molecular flexibility index (Phi) is 5.14. The Hall–Kier alpha value is -4.04. The molecule has 0 radical (unpaired) electrons. The Bertz CT molecular complexity index is 1420. The smallest absolute Gasteiger partial charge is 0.285 e. The summed E-state index contributed by atoms with van der Waals surface area (Å²) in [4.78, 5) is 18.7. The normalized spacial score (nSPS) is 15.2. The van der Waals surface area contributed by atoms with Crippen LogP contribution in [0.4, 0.5) is 8.78 Å². The number of carbonyl (C=O) groups is 1. The lowest BCUT2D eigenvalue weighted by Gasteiger charge is -2.34. The standard InChI is InChI=1S/C22H15F2N7OS/c1-30-18(7-25)15(9-27-30)16-11-31(10-12-4-2-3-5-14(12)16)22(32)21-29-28-20(33-21)19-17(24)6-13(23)8-26-19/h2-6,8-9,16H,10-11H2,1H3. The number of halogens is 2. The number of aromatic nitrogens is 5. The van der Waals surface area contributed by atoms with Gasteiger partial charge in [0, 0.05) is 37.7 Å². The molecule has 1 amide bonds. The van der Waals surface area contributed by atoms with Gasteiger partial charge in [0.05, 0.1) is 12.4 Å². The lowest BCUT2D eigenvalue weighted by atomic mass is 9.85. The first kappa shape index (κ1) is 20.8. The highest BCUT2D eigenvalue weighted by atomic mass is 32.1. The monoisotopic (exact) mass is 463 g/mol. The van der Waals surface area contributed by atoms with E-state index in [4.69, 9.17) is 0 Å². The van der Waals surface area contributed by atoms with Crippen molar-refractivity contribution in [3.05, 3.63) is 81.8 Å². The van der Waals surface area contributed by atoms with Gasteiger partial charge in [0.2, 0.25) is 5.01 Å². The van der Waals surface area contributed by atoms with Crippen LogP contribution in [0.3, 0.4) is 0 Å². The van der Waals surface area contributed by atoms with Crippen LogP contribution >= 0.6 is 11.3 Å². The molecule has 164 valence electrons. The molecular formula is C22H15F2N7OS. The molecule has 1 aliphatic heterocycles. The summed E-state index contributed by atoms with van der Waals surface area (Å²) in [6.07, 6.45) is 2.54. The third-order valence-electron chi connectivity index (χ3n) is 5.55. The summed E-state index contributed by atoms with van der Waals surface area (Å²) in [5, 5.41) is 21.8. The zero-order valence-corrected chi connectivity index (χ0v) is 18.1. The maximum Gasteiger partial charge on any atom is 0.285 e. The minimum atomic E-state index is -0.877. The molecule has 0 bridgehead atoms. The number of benzene rings is 1. The van der Waals surface area contributed by atoms with Crippen LogP contribution in [0.15, 0.2) is 42.7 Å². The van der Waals surface area contributed by atoms with E-state index in [0.29, 0.717) is 24.8 Å². The lowest BCUT2D eigenvalue weighted by Crippen LogP contribution is -2.38. The third kappa shape index (κ3) is 3.64. The van der Waals surface area contributed by atoms with Crippen LogP contribution < -0.4 is 0 Å². The van der Waals surface area contributed by atoms with Gasteiger partial charge < -0.3 is 4.90 Å². The van der Waals surface area contributed by atoms with Crippen molar-refractivity contribution in [3.63, 3.8) is 0 Å². The number of carbonyl (C=O) groups excluding carboxylic acids is 1. The number of nitriles is 1. The fourth-order valence-corrected chi connectivity index (χ4v) is 4.80. The molecule has 1 unspecified atom stereocenters. The van der Waals surface area contributed by atoms with Crippen molar-refractivity contribution in [1.82, 2.24) is 29.9 Å². The number of pyridine rings is 1. The SMILES string of the molecule is Cn1ncc(C2CN(C(=O)c3nnc(-c4ncc(F)cc4F)s3)Cc3ccccc32)c1C#N. The molecule has 1 atom stereocenters. The summed E-state index contributed by atoms with van der Waals surface area (Å²) in [6.45, 7) is 0.667. The molecule has 0 saturated heterocycles. The van der Waals surface area contributed by atoms with Crippen molar-refractivity contribution in [2.75, 3.05) is 6.54 Å². The van der Waals surface area contributed by atoms with Crippen LogP contribution in [0, 0.1) is 23.0 Å². The molecule has 0 N–H and O–H groups in total. The van der Waals surface area contributed by atoms with Crippen LogP contribution in [-0.4, -0.2) is 42.3 Å². The average molecular weight is 463 g/mol. The predicted octanol–water partition coefficient (Wildman–Crippen LogP) is 3.27. The molecule has 1 aliphatic rings. The summed E-state index contributed by atoms with van der Waals surface area (Å²) in [5.74, 6) is -2.30. The van der Waals surface area contributed by atoms with Gasteiger partial charge in [-0.2, -0.15) is 10.4 Å². The van der Waals surface area contributed by atoms with Crippen LogP contribution in [-0.2, 0) is 13.6 Å². The van der Waals surface area contributed by atoms with E-state index in [1.807, 2.05) is 24.3 Å². The molecular weight excluding hydrogens is 448 g/mol. The molecule has 0 fully saturated rings. The molecule has 33 heavy (non-hydrogen) atoms. The zero-order valence-electron chi connectivity index (χ0n) is 17.2. The molecule has 0 aliphatic carbocycles. The fraction of sp³-hybridized carbons (Fsp3) is 0.182. The number of amides is 1. The van der Waals surface area contributed by atoms with Crippen molar-refractivity contribution < 1.29 is 13.6 Å². The van der Waals surface area contributed by atoms with Crippen LogP contribution in [0.1, 0.15) is 38.1 Å². The first-order valence-electron chi connectivity index (χ1n) is 9.90. The predicted molar refractivity (Wildman–Crippen MR) is 114 cm³/mol. The van der Waals surface area contributed by atoms with Gasteiger partial charge in [-0.05, 0) is 11.1 Å².